The minimum Gasteiger partial charge on any atom is -0.296 e. The molecule has 0 unspecified atom stereocenters. The van der Waals surface area contributed by atoms with E-state index < -0.39 is 0 Å². The summed E-state index contributed by atoms with van der Waals surface area (Å²) in [5.41, 5.74) is 1.02. The van der Waals surface area contributed by atoms with Gasteiger partial charge in [-0.25, -0.2) is 0 Å². The van der Waals surface area contributed by atoms with Crippen molar-refractivity contribution in [3.63, 3.8) is 0 Å². The summed E-state index contributed by atoms with van der Waals surface area (Å²) in [5.74, 6) is 0. The number of hydrogen-bond donors (Lipinski definition) is 0. The van der Waals surface area contributed by atoms with Crippen LogP contribution in [0.25, 0.3) is 0 Å². The highest BCUT2D eigenvalue weighted by Gasteiger charge is 1.79. The predicted octanol–water partition coefficient (Wildman–Crippen LogP) is 0.778. The van der Waals surface area contributed by atoms with Crippen molar-refractivity contribution >= 4 is 12.4 Å². The molecule has 0 fully saturated rings. The van der Waals surface area contributed by atoms with Crippen molar-refractivity contribution in [2.45, 2.75) is 6.92 Å². The van der Waals surface area contributed by atoms with E-state index in [4.69, 9.17) is 0 Å². The Kier molecular flexibility index (Phi) is 3.19. The maximum atomic E-state index is 3.86. The maximum absolute atomic E-state index is 3.86. The predicted molar refractivity (Wildman–Crippen MR) is 33.4 cm³/mol. The number of hydrogen-bond acceptors (Lipinski definition) is 2. The molecule has 0 N–H and O–H groups in total. The van der Waals surface area contributed by atoms with Crippen molar-refractivity contribution in [3.8, 4) is 0 Å². The zero-order valence-corrected chi connectivity index (χ0v) is 4.81. The Bertz CT molecular complexity index is 84.1. The topological polar surface area (TPSA) is 24.7 Å². The lowest BCUT2D eigenvalue weighted by Gasteiger charge is -1.86. The van der Waals surface area contributed by atoms with Crippen molar-refractivity contribution in [1.29, 1.82) is 0 Å². The van der Waals surface area contributed by atoms with Crippen LogP contribution in [0.4, 0.5) is 0 Å². The average Bonchev–Trinajstić information content (AvgIpc) is 1.68. The van der Waals surface area contributed by atoms with Gasteiger partial charge < -0.3 is 0 Å². The number of nitrogens with zero attached hydrogens (tertiary/aromatic N) is 2. The van der Waals surface area contributed by atoms with E-state index in [9.17, 15) is 0 Å². The molecule has 0 aliphatic carbocycles. The first-order valence-corrected chi connectivity index (χ1v) is 2.16. The van der Waals surface area contributed by atoms with Crippen LogP contribution in [0.1, 0.15) is 6.92 Å². The summed E-state index contributed by atoms with van der Waals surface area (Å²) in [5, 5.41) is 0. The quantitative estimate of drug-likeness (QED) is 0.456. The lowest BCUT2D eigenvalue weighted by atomic mass is 10.4. The maximum Gasteiger partial charge on any atom is 0.0757 e. The SMILES string of the molecule is C=NC/C(C)=N\C. The second-order valence-electron chi connectivity index (χ2n) is 1.34. The summed E-state index contributed by atoms with van der Waals surface area (Å²) in [7, 11) is 1.75. The van der Waals surface area contributed by atoms with Gasteiger partial charge in [-0.15, -0.1) is 0 Å². The highest BCUT2D eigenvalue weighted by atomic mass is 14.8. The minimum absolute atomic E-state index is 0.663. The van der Waals surface area contributed by atoms with E-state index in [2.05, 4.69) is 16.7 Å². The van der Waals surface area contributed by atoms with Crippen molar-refractivity contribution in [3.05, 3.63) is 0 Å². The molecule has 0 saturated heterocycles. The molecule has 0 aliphatic rings. The summed E-state index contributed by atoms with van der Waals surface area (Å²) in [4.78, 5) is 7.49. The van der Waals surface area contributed by atoms with Crippen molar-refractivity contribution < 1.29 is 0 Å². The molecule has 0 aliphatic heterocycles. The molecule has 0 spiro atoms. The highest BCUT2D eigenvalue weighted by Crippen LogP contribution is 1.72. The fraction of sp³-hybridized carbons (Fsp3) is 0.600. The molecule has 2 nitrogen and oxygen atoms in total. The average molecular weight is 98.1 g/mol. The molecule has 0 bridgehead atoms. The van der Waals surface area contributed by atoms with Crippen LogP contribution >= 0.6 is 0 Å². The fourth-order valence-electron chi connectivity index (χ4n) is 0.233. The van der Waals surface area contributed by atoms with Crippen LogP contribution in [0.2, 0.25) is 0 Å². The summed E-state index contributed by atoms with van der Waals surface area (Å²) in [6, 6.07) is 0. The summed E-state index contributed by atoms with van der Waals surface area (Å²) in [6.45, 7) is 5.91. The zero-order valence-electron chi connectivity index (χ0n) is 4.81. The van der Waals surface area contributed by atoms with Crippen LogP contribution in [0.5, 0.6) is 0 Å². The molecule has 0 aromatic heterocycles. The van der Waals surface area contributed by atoms with Gasteiger partial charge in [-0.3, -0.25) is 9.98 Å². The third-order valence-electron chi connectivity index (χ3n) is 0.722. The van der Waals surface area contributed by atoms with E-state index in [1.54, 1.807) is 7.05 Å². The summed E-state index contributed by atoms with van der Waals surface area (Å²) < 4.78 is 0. The molecule has 40 valence electrons. The van der Waals surface area contributed by atoms with E-state index in [0.717, 1.165) is 5.71 Å². The van der Waals surface area contributed by atoms with E-state index in [0.29, 0.717) is 6.54 Å². The second kappa shape index (κ2) is 3.53. The molecule has 0 atom stereocenters. The van der Waals surface area contributed by atoms with Crippen LogP contribution in [-0.2, 0) is 0 Å². The van der Waals surface area contributed by atoms with Crippen LogP contribution in [-0.4, -0.2) is 26.0 Å². The zero-order chi connectivity index (χ0) is 5.70. The smallest absolute Gasteiger partial charge is 0.0757 e. The van der Waals surface area contributed by atoms with Crippen LogP contribution < -0.4 is 0 Å². The molecule has 0 rings (SSSR count). The first-order valence-electron chi connectivity index (χ1n) is 2.16. The molecule has 0 amide bonds. The van der Waals surface area contributed by atoms with Gasteiger partial charge >= 0.3 is 0 Å². The summed E-state index contributed by atoms with van der Waals surface area (Å²) in [6.07, 6.45) is 0. The molecular weight excluding hydrogens is 88.1 g/mol. The van der Waals surface area contributed by atoms with Gasteiger partial charge in [0.15, 0.2) is 0 Å². The van der Waals surface area contributed by atoms with Gasteiger partial charge in [-0.1, -0.05) is 0 Å². The standard InChI is InChI=1S/C5H10N2/c1-5(7-3)4-6-2/h2,4H2,1,3H3/b7-5-. The van der Waals surface area contributed by atoms with E-state index in [1.165, 1.54) is 0 Å². The first kappa shape index (κ1) is 6.34. The highest BCUT2D eigenvalue weighted by molar-refractivity contribution is 5.84. The molecule has 2 heteroatoms. The van der Waals surface area contributed by atoms with Crippen LogP contribution in [0, 0.1) is 0 Å². The third kappa shape index (κ3) is 3.16. The van der Waals surface area contributed by atoms with Crippen LogP contribution in [0.15, 0.2) is 9.98 Å². The van der Waals surface area contributed by atoms with Crippen molar-refractivity contribution in [2.75, 3.05) is 13.6 Å². The van der Waals surface area contributed by atoms with Gasteiger partial charge in [-0.05, 0) is 13.6 Å². The molecule has 0 radical (unpaired) electrons. The number of rotatable bonds is 2. The Morgan fingerprint density at radius 2 is 2.29 bits per heavy atom. The lowest BCUT2D eigenvalue weighted by Crippen LogP contribution is -1.93. The van der Waals surface area contributed by atoms with Crippen molar-refractivity contribution in [2.24, 2.45) is 9.98 Å². The van der Waals surface area contributed by atoms with Gasteiger partial charge in [0.05, 0.1) is 6.54 Å². The van der Waals surface area contributed by atoms with Gasteiger partial charge in [0.2, 0.25) is 0 Å². The lowest BCUT2D eigenvalue weighted by molar-refractivity contribution is 1.26. The second-order valence-corrected chi connectivity index (χ2v) is 1.34. The Labute approximate surface area is 44.0 Å². The van der Waals surface area contributed by atoms with Gasteiger partial charge in [-0.2, -0.15) is 0 Å². The molecule has 0 saturated carbocycles. The van der Waals surface area contributed by atoms with Gasteiger partial charge in [0, 0.05) is 12.8 Å². The third-order valence-corrected chi connectivity index (χ3v) is 0.722. The fourth-order valence-corrected chi connectivity index (χ4v) is 0.233. The first-order chi connectivity index (χ1) is 3.31. The van der Waals surface area contributed by atoms with E-state index in [-0.39, 0.29) is 0 Å². The Morgan fingerprint density at radius 3 is 2.43 bits per heavy atom. The van der Waals surface area contributed by atoms with E-state index >= 15 is 0 Å². The Balaban J connectivity index is 3.36. The molecule has 0 aromatic rings. The molecule has 0 aromatic carbocycles. The van der Waals surface area contributed by atoms with E-state index in [1.807, 2.05) is 6.92 Å². The van der Waals surface area contributed by atoms with Gasteiger partial charge in [0.25, 0.3) is 0 Å². The van der Waals surface area contributed by atoms with Crippen LogP contribution in [0.3, 0.4) is 0 Å². The van der Waals surface area contributed by atoms with Crippen molar-refractivity contribution in [1.82, 2.24) is 0 Å². The molecule has 7 heavy (non-hydrogen) atoms. The monoisotopic (exact) mass is 98.1 g/mol. The minimum atomic E-state index is 0.663. The largest absolute Gasteiger partial charge is 0.296 e. The molecular formula is C5H10N2. The summed E-state index contributed by atoms with van der Waals surface area (Å²) >= 11 is 0. The Morgan fingerprint density at radius 1 is 1.71 bits per heavy atom. The Hall–Kier alpha value is -0.660. The van der Waals surface area contributed by atoms with Gasteiger partial charge in [0.1, 0.15) is 0 Å². The normalized spacial score (nSPS) is 11.4. The molecule has 0 heterocycles. The number of aliphatic imine (C=N–C) groups is 2.